The molecule has 2 radical (unpaired) electrons. The van der Waals surface area contributed by atoms with Crippen LogP contribution >= 0.6 is 0 Å². The van der Waals surface area contributed by atoms with Crippen LogP contribution in [-0.2, 0) is 0 Å². The number of aryl methyl sites for hydroxylation is 6. The summed E-state index contributed by atoms with van der Waals surface area (Å²) in [4.78, 5) is 0. The number of rotatable bonds is 3. The molecule has 0 N–H and O–H groups in total. The van der Waals surface area contributed by atoms with E-state index >= 15 is 0 Å². The van der Waals surface area contributed by atoms with Gasteiger partial charge in [0.1, 0.15) is 0 Å². The van der Waals surface area contributed by atoms with Gasteiger partial charge in [0, 0.05) is 0 Å². The van der Waals surface area contributed by atoms with Gasteiger partial charge in [0.25, 0.3) is 0 Å². The van der Waals surface area contributed by atoms with Gasteiger partial charge in [0.05, 0.1) is 0 Å². The van der Waals surface area contributed by atoms with Crippen LogP contribution in [0.3, 0.4) is 0 Å². The van der Waals surface area contributed by atoms with E-state index in [1.54, 1.807) is 14.7 Å². The predicted octanol–water partition coefficient (Wildman–Crippen LogP) is 12.8. The monoisotopic (exact) mass is 760 g/mol. The molecule has 0 saturated heterocycles. The van der Waals surface area contributed by atoms with Gasteiger partial charge in [-0.05, 0) is 0 Å². The standard InChI is InChI=1S/C24H25.C12H27Ge.C6H10.Sn/c1-15-10-17(3)23(18(4)11-15)21-8-7-9-22(14-21)24-19(5)12-16(2)13-20(24)6;1-10(2,3)13(11(4,5)6)12(7,8)9;1-5(2)6(3)4;/h7-13H,1-6H3;1-9H3;1,3H2,2,4H3;. The van der Waals surface area contributed by atoms with E-state index in [0.29, 0.717) is 12.7 Å². The second-order valence-corrected chi connectivity index (χ2v) is 34.8. The molecular formula is C42H62GeSn. The summed E-state index contributed by atoms with van der Waals surface area (Å²) in [5.74, 6) is 0. The molecule has 0 unspecified atom stereocenters. The fourth-order valence-corrected chi connectivity index (χ4v) is 33.4. The maximum absolute atomic E-state index is 2.43. The summed E-state index contributed by atoms with van der Waals surface area (Å²) in [7, 11) is 0. The Hall–Kier alpha value is -1.26. The van der Waals surface area contributed by atoms with Crippen molar-refractivity contribution < 1.29 is 0 Å². The first-order valence-electron chi connectivity index (χ1n) is 16.7. The zero-order valence-electron chi connectivity index (χ0n) is 31.5. The van der Waals surface area contributed by atoms with Crippen molar-refractivity contribution in [2.75, 3.05) is 0 Å². The molecule has 44 heavy (non-hydrogen) atoms. The zero-order chi connectivity index (χ0) is 33.5. The SMILES string of the molecule is CC1=C(C)[CH2][Sn]([c]2c(-c3c(C)cc(C)cc3C)cccc2-c2c(C)cc(C)cc2C)[CH2]1.C[C](C)(C)[Ge]([C](C)(C)C)[C](C)(C)C. The summed E-state index contributed by atoms with van der Waals surface area (Å²) >= 11 is -2.97. The van der Waals surface area contributed by atoms with E-state index < -0.39 is 34.1 Å². The Labute approximate surface area is 284 Å². The van der Waals surface area contributed by atoms with Crippen molar-refractivity contribution in [2.45, 2.75) is 139 Å². The van der Waals surface area contributed by atoms with Crippen molar-refractivity contribution >= 4 is 37.7 Å². The van der Waals surface area contributed by atoms with Gasteiger partial charge in [-0.1, -0.05) is 0 Å². The van der Waals surface area contributed by atoms with Crippen LogP contribution in [0, 0.1) is 41.5 Å². The Morgan fingerprint density at radius 2 is 0.795 bits per heavy atom. The normalized spacial score (nSPS) is 14.8. The summed E-state index contributed by atoms with van der Waals surface area (Å²) in [5.41, 5.74) is 17.7. The molecule has 0 atom stereocenters. The molecule has 0 aromatic heterocycles. The summed E-state index contributed by atoms with van der Waals surface area (Å²) < 4.78 is 6.13. The molecule has 0 fully saturated rings. The Morgan fingerprint density at radius 1 is 0.500 bits per heavy atom. The fourth-order valence-electron chi connectivity index (χ4n) is 9.12. The van der Waals surface area contributed by atoms with Crippen molar-refractivity contribution in [1.82, 2.24) is 0 Å². The molecule has 2 heteroatoms. The second-order valence-electron chi connectivity index (χ2n) is 16.9. The third kappa shape index (κ3) is 8.55. The molecule has 1 aliphatic rings. The minimum atomic E-state index is -1.86. The first kappa shape index (κ1) is 37.2. The number of allylic oxidation sites excluding steroid dienone is 2. The van der Waals surface area contributed by atoms with Gasteiger partial charge in [-0.25, -0.2) is 0 Å². The van der Waals surface area contributed by atoms with E-state index in [0.717, 1.165) is 0 Å². The van der Waals surface area contributed by atoms with Gasteiger partial charge in [-0.15, -0.1) is 0 Å². The van der Waals surface area contributed by atoms with Gasteiger partial charge in [-0.2, -0.15) is 0 Å². The average Bonchev–Trinajstić information content (AvgIpc) is 3.13. The van der Waals surface area contributed by atoms with Crippen LogP contribution in [0.15, 0.2) is 53.6 Å². The van der Waals surface area contributed by atoms with Gasteiger partial charge in [-0.3, -0.25) is 0 Å². The predicted molar refractivity (Wildman–Crippen MR) is 204 cm³/mol. The van der Waals surface area contributed by atoms with Gasteiger partial charge in [0.15, 0.2) is 0 Å². The van der Waals surface area contributed by atoms with Gasteiger partial charge >= 0.3 is 286 Å². The average molecular weight is 758 g/mol. The van der Waals surface area contributed by atoms with Gasteiger partial charge in [0.2, 0.25) is 0 Å². The molecule has 1 heterocycles. The number of benzene rings is 3. The van der Waals surface area contributed by atoms with Crippen LogP contribution < -0.4 is 3.58 Å². The van der Waals surface area contributed by atoms with Crippen molar-refractivity contribution in [2.24, 2.45) is 0 Å². The molecule has 0 saturated carbocycles. The van der Waals surface area contributed by atoms with Crippen molar-refractivity contribution in [3.63, 3.8) is 0 Å². The number of hydrogen-bond donors (Lipinski definition) is 0. The quantitative estimate of drug-likeness (QED) is 0.184. The van der Waals surface area contributed by atoms with Crippen molar-refractivity contribution in [1.29, 1.82) is 0 Å². The Bertz CT molecular complexity index is 1360. The van der Waals surface area contributed by atoms with Crippen LogP contribution in [0.2, 0.25) is 21.6 Å². The molecule has 0 aliphatic carbocycles. The summed E-state index contributed by atoms with van der Waals surface area (Å²) in [6, 6.07) is 16.6. The Balaban J connectivity index is 0.000000345. The van der Waals surface area contributed by atoms with Crippen LogP contribution in [0.1, 0.15) is 110 Å². The van der Waals surface area contributed by atoms with Crippen molar-refractivity contribution in [3.05, 3.63) is 87.0 Å². The van der Waals surface area contributed by atoms with Crippen LogP contribution in [-0.4, -0.2) is 34.1 Å². The molecule has 0 nitrogen and oxygen atoms in total. The molecule has 1 aliphatic heterocycles. The minimum absolute atomic E-state index is 0.552. The molecule has 0 amide bonds. The third-order valence-electron chi connectivity index (χ3n) is 9.25. The Kier molecular flexibility index (Phi) is 11.7. The molecular weight excluding hydrogens is 696 g/mol. The first-order valence-corrected chi connectivity index (χ1v) is 25.3. The van der Waals surface area contributed by atoms with Crippen LogP contribution in [0.5, 0.6) is 0 Å². The molecule has 238 valence electrons. The molecule has 4 rings (SSSR count). The van der Waals surface area contributed by atoms with E-state index in [2.05, 4.69) is 160 Å². The second kappa shape index (κ2) is 13.8. The van der Waals surface area contributed by atoms with E-state index in [9.17, 15) is 0 Å². The summed E-state index contributed by atoms with van der Waals surface area (Å²) in [5, 5.41) is 0. The number of hydrogen-bond acceptors (Lipinski definition) is 0. The summed E-state index contributed by atoms with van der Waals surface area (Å²) in [6.07, 6.45) is 0. The van der Waals surface area contributed by atoms with Crippen LogP contribution in [0.4, 0.5) is 0 Å². The summed E-state index contributed by atoms with van der Waals surface area (Å²) in [6.45, 7) is 40.2. The van der Waals surface area contributed by atoms with E-state index in [-0.39, 0.29) is 0 Å². The Morgan fingerprint density at radius 3 is 1.05 bits per heavy atom. The molecule has 3 aromatic carbocycles. The molecule has 0 spiro atoms. The molecule has 3 aromatic rings. The van der Waals surface area contributed by atoms with Gasteiger partial charge < -0.3 is 0 Å². The van der Waals surface area contributed by atoms with E-state index in [4.69, 9.17) is 0 Å². The molecule has 0 bridgehead atoms. The van der Waals surface area contributed by atoms with Crippen molar-refractivity contribution in [3.8, 4) is 22.3 Å². The third-order valence-corrected chi connectivity index (χ3v) is 27.7. The first-order chi connectivity index (χ1) is 20.0. The van der Waals surface area contributed by atoms with E-state index in [1.807, 2.05) is 0 Å². The fraction of sp³-hybridized carbons (Fsp3) is 0.524. The maximum atomic E-state index is 2.43. The van der Waals surface area contributed by atoms with Crippen LogP contribution in [0.25, 0.3) is 22.3 Å². The topological polar surface area (TPSA) is 0 Å². The zero-order valence-corrected chi connectivity index (χ0v) is 36.4. The van der Waals surface area contributed by atoms with E-state index in [1.165, 1.54) is 64.5 Å².